The lowest BCUT2D eigenvalue weighted by Gasteiger charge is -2.12. The summed E-state index contributed by atoms with van der Waals surface area (Å²) in [6.45, 7) is 1.54. The molecular weight excluding hydrogens is 332 g/mol. The van der Waals surface area contributed by atoms with Crippen LogP contribution in [0.4, 0.5) is 0 Å². The van der Waals surface area contributed by atoms with Crippen LogP contribution in [0.5, 0.6) is 11.5 Å². The van der Waals surface area contributed by atoms with Crippen LogP contribution in [-0.2, 0) is 19.1 Å². The Labute approximate surface area is 144 Å². The highest BCUT2D eigenvalue weighted by Gasteiger charge is 2.47. The molecule has 0 spiro atoms. The standard InChI is InChI=1S/C17H20O6S/c1-10(24-3)8-14-16(19)15(17(20)23-14)11(18)9-22-13-7-5-4-6-12(13)21-2/h4-7,10,14-15H,8-9H2,1-3H3. The highest BCUT2D eigenvalue weighted by molar-refractivity contribution is 7.99. The summed E-state index contributed by atoms with van der Waals surface area (Å²) in [5, 5.41) is 0.158. The molecule has 6 nitrogen and oxygen atoms in total. The Kier molecular flexibility index (Phi) is 6.25. The molecule has 1 aliphatic heterocycles. The molecule has 0 aliphatic carbocycles. The summed E-state index contributed by atoms with van der Waals surface area (Å²) < 4.78 is 15.6. The van der Waals surface area contributed by atoms with Crippen LogP contribution in [0.1, 0.15) is 13.3 Å². The van der Waals surface area contributed by atoms with E-state index in [9.17, 15) is 14.4 Å². The van der Waals surface area contributed by atoms with Crippen LogP contribution in [0.2, 0.25) is 0 Å². The third-order valence-corrected chi connectivity index (χ3v) is 4.80. The van der Waals surface area contributed by atoms with Crippen molar-refractivity contribution >= 4 is 29.3 Å². The number of para-hydroxylation sites is 2. The van der Waals surface area contributed by atoms with E-state index in [0.29, 0.717) is 17.9 Å². The van der Waals surface area contributed by atoms with E-state index in [2.05, 4.69) is 0 Å². The fourth-order valence-electron chi connectivity index (χ4n) is 2.39. The Morgan fingerprint density at radius 3 is 2.58 bits per heavy atom. The van der Waals surface area contributed by atoms with Gasteiger partial charge in [0.25, 0.3) is 0 Å². The lowest BCUT2D eigenvalue weighted by Crippen LogP contribution is -2.32. The number of thioether (sulfide) groups is 1. The van der Waals surface area contributed by atoms with Gasteiger partial charge in [0.2, 0.25) is 0 Å². The van der Waals surface area contributed by atoms with Gasteiger partial charge in [0.1, 0.15) is 6.61 Å². The van der Waals surface area contributed by atoms with Gasteiger partial charge in [-0.25, -0.2) is 0 Å². The zero-order valence-electron chi connectivity index (χ0n) is 13.8. The average molecular weight is 352 g/mol. The van der Waals surface area contributed by atoms with Crippen LogP contribution >= 0.6 is 11.8 Å². The second-order valence-corrected chi connectivity index (χ2v) is 6.72. The number of hydrogen-bond donors (Lipinski definition) is 0. The number of esters is 1. The number of rotatable bonds is 8. The van der Waals surface area contributed by atoms with Gasteiger partial charge in [0, 0.05) is 11.7 Å². The molecule has 1 fully saturated rings. The summed E-state index contributed by atoms with van der Waals surface area (Å²) in [7, 11) is 1.49. The quantitative estimate of drug-likeness (QED) is 0.522. The van der Waals surface area contributed by atoms with Crippen molar-refractivity contribution in [3.8, 4) is 11.5 Å². The third kappa shape index (κ3) is 4.08. The molecule has 130 valence electrons. The normalized spacial score (nSPS) is 21.3. The molecular formula is C17H20O6S. The van der Waals surface area contributed by atoms with Gasteiger partial charge >= 0.3 is 5.97 Å². The van der Waals surface area contributed by atoms with Crippen LogP contribution in [0.3, 0.4) is 0 Å². The fourth-order valence-corrected chi connectivity index (χ4v) is 2.76. The first-order chi connectivity index (χ1) is 11.5. The molecule has 1 heterocycles. The van der Waals surface area contributed by atoms with Crippen molar-refractivity contribution in [1.29, 1.82) is 0 Å². The summed E-state index contributed by atoms with van der Waals surface area (Å²) in [5.41, 5.74) is 0. The summed E-state index contributed by atoms with van der Waals surface area (Å²) in [4.78, 5) is 36.4. The van der Waals surface area contributed by atoms with Crippen molar-refractivity contribution in [2.75, 3.05) is 20.0 Å². The number of cyclic esters (lactones) is 1. The van der Waals surface area contributed by atoms with Gasteiger partial charge in [-0.15, -0.1) is 0 Å². The Balaban J connectivity index is 1.99. The highest BCUT2D eigenvalue weighted by Crippen LogP contribution is 2.28. The first kappa shape index (κ1) is 18.3. The number of ether oxygens (including phenoxy) is 3. The molecule has 3 unspecified atom stereocenters. The van der Waals surface area contributed by atoms with E-state index in [1.807, 2.05) is 13.2 Å². The van der Waals surface area contributed by atoms with E-state index in [4.69, 9.17) is 14.2 Å². The second-order valence-electron chi connectivity index (χ2n) is 5.45. The van der Waals surface area contributed by atoms with Gasteiger partial charge in [-0.3, -0.25) is 14.4 Å². The Morgan fingerprint density at radius 2 is 1.96 bits per heavy atom. The molecule has 0 aromatic heterocycles. The van der Waals surface area contributed by atoms with Crippen LogP contribution in [0.25, 0.3) is 0 Å². The Morgan fingerprint density at radius 1 is 1.29 bits per heavy atom. The maximum atomic E-state index is 12.3. The minimum atomic E-state index is -1.39. The Hall–Kier alpha value is -2.02. The number of ketones is 2. The monoisotopic (exact) mass is 352 g/mol. The lowest BCUT2D eigenvalue weighted by molar-refractivity contribution is -0.147. The van der Waals surface area contributed by atoms with Crippen LogP contribution in [0.15, 0.2) is 24.3 Å². The summed E-state index contributed by atoms with van der Waals surface area (Å²) in [6, 6.07) is 6.83. The molecule has 1 aromatic rings. The van der Waals surface area contributed by atoms with Crippen molar-refractivity contribution in [1.82, 2.24) is 0 Å². The molecule has 0 N–H and O–H groups in total. The first-order valence-corrected chi connectivity index (χ1v) is 8.82. The van der Waals surface area contributed by atoms with Gasteiger partial charge < -0.3 is 14.2 Å². The molecule has 7 heteroatoms. The smallest absolute Gasteiger partial charge is 0.325 e. The molecule has 0 bridgehead atoms. The summed E-state index contributed by atoms with van der Waals surface area (Å²) >= 11 is 1.57. The molecule has 0 amide bonds. The van der Waals surface area contributed by atoms with E-state index in [1.165, 1.54) is 7.11 Å². The van der Waals surface area contributed by atoms with Gasteiger partial charge in [-0.2, -0.15) is 11.8 Å². The predicted octanol–water partition coefficient (Wildman–Crippen LogP) is 1.90. The van der Waals surface area contributed by atoms with Gasteiger partial charge in [0.15, 0.2) is 35.1 Å². The van der Waals surface area contributed by atoms with Crippen molar-refractivity contribution in [3.63, 3.8) is 0 Å². The predicted molar refractivity (Wildman–Crippen MR) is 89.5 cm³/mol. The maximum Gasteiger partial charge on any atom is 0.325 e. The zero-order chi connectivity index (χ0) is 17.7. The minimum Gasteiger partial charge on any atom is -0.493 e. The molecule has 0 saturated carbocycles. The molecule has 1 aromatic carbocycles. The second kappa shape index (κ2) is 8.19. The van der Waals surface area contributed by atoms with Gasteiger partial charge in [-0.1, -0.05) is 19.1 Å². The number of carbonyl (C=O) groups excluding carboxylic acids is 3. The number of carbonyl (C=O) groups is 3. The maximum absolute atomic E-state index is 12.3. The topological polar surface area (TPSA) is 78.9 Å². The summed E-state index contributed by atoms with van der Waals surface area (Å²) in [6.07, 6.45) is 1.47. The molecule has 0 radical (unpaired) electrons. The number of hydrogen-bond acceptors (Lipinski definition) is 7. The van der Waals surface area contributed by atoms with Gasteiger partial charge in [-0.05, 0) is 18.4 Å². The molecule has 3 atom stereocenters. The molecule has 1 saturated heterocycles. The SMILES string of the molecule is COc1ccccc1OCC(=O)C1C(=O)OC(CC(C)SC)C1=O. The molecule has 2 rings (SSSR count). The Bertz CT molecular complexity index is 629. The summed E-state index contributed by atoms with van der Waals surface area (Å²) in [5.74, 6) is -2.41. The van der Waals surface area contributed by atoms with Crippen LogP contribution < -0.4 is 9.47 Å². The van der Waals surface area contributed by atoms with E-state index in [1.54, 1.807) is 36.0 Å². The van der Waals surface area contributed by atoms with Crippen LogP contribution in [-0.4, -0.2) is 48.9 Å². The van der Waals surface area contributed by atoms with E-state index in [-0.39, 0.29) is 5.25 Å². The van der Waals surface area contributed by atoms with Crippen molar-refractivity contribution < 1.29 is 28.6 Å². The average Bonchev–Trinajstić information content (AvgIpc) is 2.86. The largest absolute Gasteiger partial charge is 0.493 e. The number of Topliss-reactive ketones (excluding diaryl/α,β-unsaturated/α-hetero) is 2. The van der Waals surface area contributed by atoms with Crippen molar-refractivity contribution in [3.05, 3.63) is 24.3 Å². The van der Waals surface area contributed by atoms with E-state index >= 15 is 0 Å². The number of methoxy groups -OCH3 is 1. The first-order valence-electron chi connectivity index (χ1n) is 7.53. The highest BCUT2D eigenvalue weighted by atomic mass is 32.2. The molecule has 1 aliphatic rings. The lowest BCUT2D eigenvalue weighted by atomic mass is 9.97. The van der Waals surface area contributed by atoms with Gasteiger partial charge in [0.05, 0.1) is 7.11 Å². The minimum absolute atomic E-state index is 0.158. The molecule has 24 heavy (non-hydrogen) atoms. The van der Waals surface area contributed by atoms with Crippen LogP contribution in [0, 0.1) is 5.92 Å². The van der Waals surface area contributed by atoms with E-state index in [0.717, 1.165) is 0 Å². The van der Waals surface area contributed by atoms with Crippen molar-refractivity contribution in [2.24, 2.45) is 5.92 Å². The third-order valence-electron chi connectivity index (χ3n) is 3.81. The number of benzene rings is 1. The fraction of sp³-hybridized carbons (Fsp3) is 0.471. The van der Waals surface area contributed by atoms with E-state index < -0.39 is 36.2 Å². The van der Waals surface area contributed by atoms with Crippen molar-refractivity contribution in [2.45, 2.75) is 24.7 Å². The zero-order valence-corrected chi connectivity index (χ0v) is 14.6.